The average molecular weight is 244 g/mol. The molecule has 1 fully saturated rings. The first-order valence-electron chi connectivity index (χ1n) is 6.13. The lowest BCUT2D eigenvalue weighted by atomic mass is 10.0. The monoisotopic (exact) mass is 244 g/mol. The summed E-state index contributed by atoms with van der Waals surface area (Å²) in [7, 11) is 5.29. The SMILES string of the molecule is COC1(CNCCCC(=O)N(C)C)CCOC1. The van der Waals surface area contributed by atoms with Crippen molar-refractivity contribution in [2.45, 2.75) is 24.9 Å². The van der Waals surface area contributed by atoms with E-state index >= 15 is 0 Å². The van der Waals surface area contributed by atoms with Gasteiger partial charge < -0.3 is 19.7 Å². The van der Waals surface area contributed by atoms with Gasteiger partial charge in [0.15, 0.2) is 0 Å². The summed E-state index contributed by atoms with van der Waals surface area (Å²) in [6.07, 6.45) is 2.39. The molecule has 1 saturated heterocycles. The Morgan fingerprint density at radius 3 is 2.82 bits per heavy atom. The molecule has 1 atom stereocenters. The molecule has 1 rings (SSSR count). The zero-order valence-electron chi connectivity index (χ0n) is 11.1. The molecular formula is C12H24N2O3. The molecule has 5 heteroatoms. The van der Waals surface area contributed by atoms with E-state index in [4.69, 9.17) is 9.47 Å². The van der Waals surface area contributed by atoms with Gasteiger partial charge in [0.2, 0.25) is 5.91 Å². The molecule has 1 unspecified atom stereocenters. The fourth-order valence-electron chi connectivity index (χ4n) is 1.87. The van der Waals surface area contributed by atoms with Crippen molar-refractivity contribution in [3.05, 3.63) is 0 Å². The van der Waals surface area contributed by atoms with Crippen molar-refractivity contribution in [1.82, 2.24) is 10.2 Å². The van der Waals surface area contributed by atoms with Crippen LogP contribution >= 0.6 is 0 Å². The summed E-state index contributed by atoms with van der Waals surface area (Å²) in [6, 6.07) is 0. The second kappa shape index (κ2) is 6.93. The predicted molar refractivity (Wildman–Crippen MR) is 66.0 cm³/mol. The van der Waals surface area contributed by atoms with Gasteiger partial charge in [0, 0.05) is 47.2 Å². The third-order valence-corrected chi connectivity index (χ3v) is 3.19. The van der Waals surface area contributed by atoms with Gasteiger partial charge in [-0.1, -0.05) is 0 Å². The summed E-state index contributed by atoms with van der Waals surface area (Å²) in [5, 5.41) is 3.34. The van der Waals surface area contributed by atoms with Crippen molar-refractivity contribution in [2.24, 2.45) is 0 Å². The number of nitrogens with zero attached hydrogens (tertiary/aromatic N) is 1. The van der Waals surface area contributed by atoms with Gasteiger partial charge in [0.25, 0.3) is 0 Å². The number of carbonyl (C=O) groups is 1. The molecule has 1 aliphatic heterocycles. The van der Waals surface area contributed by atoms with Crippen LogP contribution in [0.5, 0.6) is 0 Å². The third kappa shape index (κ3) is 4.61. The van der Waals surface area contributed by atoms with Crippen molar-refractivity contribution in [2.75, 3.05) is 47.5 Å². The van der Waals surface area contributed by atoms with Crippen LogP contribution in [0.1, 0.15) is 19.3 Å². The van der Waals surface area contributed by atoms with E-state index in [1.54, 1.807) is 26.1 Å². The predicted octanol–water partition coefficient (Wildman–Crippen LogP) is 0.250. The normalized spacial score (nSPS) is 23.9. The molecule has 1 heterocycles. The van der Waals surface area contributed by atoms with E-state index in [1.165, 1.54) is 0 Å². The van der Waals surface area contributed by atoms with Gasteiger partial charge in [0.05, 0.1) is 6.61 Å². The van der Waals surface area contributed by atoms with Crippen LogP contribution in [0.15, 0.2) is 0 Å². The maximum Gasteiger partial charge on any atom is 0.222 e. The van der Waals surface area contributed by atoms with E-state index in [1.807, 2.05) is 0 Å². The zero-order valence-corrected chi connectivity index (χ0v) is 11.1. The molecule has 1 aliphatic rings. The summed E-state index contributed by atoms with van der Waals surface area (Å²) < 4.78 is 10.9. The Hall–Kier alpha value is -0.650. The zero-order chi connectivity index (χ0) is 12.7. The van der Waals surface area contributed by atoms with Gasteiger partial charge in [-0.2, -0.15) is 0 Å². The molecule has 0 aliphatic carbocycles. The highest BCUT2D eigenvalue weighted by atomic mass is 16.5. The summed E-state index contributed by atoms with van der Waals surface area (Å²) in [5.41, 5.74) is -0.161. The summed E-state index contributed by atoms with van der Waals surface area (Å²) in [5.74, 6) is 0.178. The van der Waals surface area contributed by atoms with Gasteiger partial charge in [-0.25, -0.2) is 0 Å². The lowest BCUT2D eigenvalue weighted by Crippen LogP contribution is -2.43. The molecule has 100 valence electrons. The molecule has 5 nitrogen and oxygen atoms in total. The lowest BCUT2D eigenvalue weighted by Gasteiger charge is -2.26. The van der Waals surface area contributed by atoms with Crippen molar-refractivity contribution < 1.29 is 14.3 Å². The molecular weight excluding hydrogens is 220 g/mol. The minimum atomic E-state index is -0.161. The van der Waals surface area contributed by atoms with Crippen molar-refractivity contribution >= 4 is 5.91 Å². The highest BCUT2D eigenvalue weighted by molar-refractivity contribution is 5.75. The number of amides is 1. The molecule has 0 aromatic rings. The molecule has 0 bridgehead atoms. The lowest BCUT2D eigenvalue weighted by molar-refractivity contribution is -0.128. The fourth-order valence-corrected chi connectivity index (χ4v) is 1.87. The standard InChI is InChI=1S/C12H24N2O3/c1-14(2)11(15)5-4-7-13-9-12(16-3)6-8-17-10-12/h13H,4-10H2,1-3H3. The van der Waals surface area contributed by atoms with E-state index < -0.39 is 0 Å². The number of methoxy groups -OCH3 is 1. The minimum Gasteiger partial charge on any atom is -0.378 e. The van der Waals surface area contributed by atoms with Gasteiger partial charge in [-0.3, -0.25) is 4.79 Å². The van der Waals surface area contributed by atoms with Crippen molar-refractivity contribution in [3.8, 4) is 0 Å². The van der Waals surface area contributed by atoms with Crippen LogP contribution in [0.25, 0.3) is 0 Å². The molecule has 17 heavy (non-hydrogen) atoms. The fraction of sp³-hybridized carbons (Fsp3) is 0.917. The highest BCUT2D eigenvalue weighted by Gasteiger charge is 2.34. The molecule has 0 saturated carbocycles. The quantitative estimate of drug-likeness (QED) is 0.652. The van der Waals surface area contributed by atoms with Crippen LogP contribution in [0.2, 0.25) is 0 Å². The Balaban J connectivity index is 2.09. The first kappa shape index (κ1) is 14.4. The largest absolute Gasteiger partial charge is 0.378 e. The number of rotatable bonds is 7. The number of hydrogen-bond donors (Lipinski definition) is 1. The number of hydrogen-bond acceptors (Lipinski definition) is 4. The Labute approximate surface area is 103 Å². The van der Waals surface area contributed by atoms with Gasteiger partial charge in [-0.15, -0.1) is 0 Å². The van der Waals surface area contributed by atoms with E-state index in [9.17, 15) is 4.79 Å². The smallest absolute Gasteiger partial charge is 0.222 e. The topological polar surface area (TPSA) is 50.8 Å². The van der Waals surface area contributed by atoms with Crippen LogP contribution in [-0.4, -0.2) is 63.9 Å². The molecule has 0 aromatic heterocycles. The van der Waals surface area contributed by atoms with Gasteiger partial charge in [0.1, 0.15) is 5.60 Å². The molecule has 1 amide bonds. The van der Waals surface area contributed by atoms with Gasteiger partial charge in [-0.05, 0) is 13.0 Å². The minimum absolute atomic E-state index is 0.161. The van der Waals surface area contributed by atoms with Gasteiger partial charge >= 0.3 is 0 Å². The maximum absolute atomic E-state index is 11.3. The molecule has 1 N–H and O–H groups in total. The van der Waals surface area contributed by atoms with Crippen LogP contribution < -0.4 is 5.32 Å². The summed E-state index contributed by atoms with van der Waals surface area (Å²) >= 11 is 0. The number of carbonyl (C=O) groups excluding carboxylic acids is 1. The maximum atomic E-state index is 11.3. The highest BCUT2D eigenvalue weighted by Crippen LogP contribution is 2.21. The van der Waals surface area contributed by atoms with E-state index in [-0.39, 0.29) is 11.5 Å². The molecule has 0 aromatic carbocycles. The van der Waals surface area contributed by atoms with Crippen molar-refractivity contribution in [3.63, 3.8) is 0 Å². The second-order valence-corrected chi connectivity index (χ2v) is 4.76. The number of nitrogens with one attached hydrogen (secondary N) is 1. The van der Waals surface area contributed by atoms with Crippen LogP contribution in [0, 0.1) is 0 Å². The van der Waals surface area contributed by atoms with E-state index in [2.05, 4.69) is 5.32 Å². The Kier molecular flexibility index (Phi) is 5.88. The first-order chi connectivity index (χ1) is 8.09. The third-order valence-electron chi connectivity index (χ3n) is 3.19. The Bertz CT molecular complexity index is 238. The Morgan fingerprint density at radius 1 is 1.53 bits per heavy atom. The van der Waals surface area contributed by atoms with Crippen LogP contribution in [-0.2, 0) is 14.3 Å². The average Bonchev–Trinajstić information content (AvgIpc) is 2.77. The summed E-state index contributed by atoms with van der Waals surface area (Å²) in [6.45, 7) is 3.06. The molecule has 0 spiro atoms. The molecule has 0 radical (unpaired) electrons. The summed E-state index contributed by atoms with van der Waals surface area (Å²) in [4.78, 5) is 13.0. The van der Waals surface area contributed by atoms with Crippen LogP contribution in [0.3, 0.4) is 0 Å². The van der Waals surface area contributed by atoms with E-state index in [0.717, 1.165) is 32.5 Å². The number of ether oxygens (including phenoxy) is 2. The van der Waals surface area contributed by atoms with E-state index in [0.29, 0.717) is 13.0 Å². The first-order valence-corrected chi connectivity index (χ1v) is 6.13. The van der Waals surface area contributed by atoms with Crippen molar-refractivity contribution in [1.29, 1.82) is 0 Å². The van der Waals surface area contributed by atoms with Crippen LogP contribution in [0.4, 0.5) is 0 Å². The second-order valence-electron chi connectivity index (χ2n) is 4.76. The Morgan fingerprint density at radius 2 is 2.29 bits per heavy atom.